The van der Waals surface area contributed by atoms with E-state index in [1.165, 1.54) is 0 Å². The summed E-state index contributed by atoms with van der Waals surface area (Å²) in [6, 6.07) is 0. The van der Waals surface area contributed by atoms with Gasteiger partial charge in [-0.3, -0.25) is 0 Å². The van der Waals surface area contributed by atoms with Crippen molar-refractivity contribution in [2.75, 3.05) is 6.61 Å². The zero-order chi connectivity index (χ0) is 11.4. The summed E-state index contributed by atoms with van der Waals surface area (Å²) in [4.78, 5) is 0. The minimum atomic E-state index is -1.59. The maximum absolute atomic E-state index is 6.00. The van der Waals surface area contributed by atoms with Gasteiger partial charge in [0.1, 0.15) is 0 Å². The monoisotopic (exact) mass is 212 g/mol. The molecule has 0 fully saturated rings. The molecule has 0 aromatic carbocycles. The molecule has 2 heteroatoms. The Bertz CT molecular complexity index is 221. The SMILES string of the molecule is C=C(C=CC)CO[Si](C)(C)C(C)(C)C. The molecule has 0 N–H and O–H groups in total. The van der Waals surface area contributed by atoms with Gasteiger partial charge in [0, 0.05) is 0 Å². The van der Waals surface area contributed by atoms with E-state index in [1.54, 1.807) is 0 Å². The number of rotatable bonds is 4. The first-order valence-electron chi connectivity index (χ1n) is 5.15. The van der Waals surface area contributed by atoms with Crippen molar-refractivity contribution in [2.24, 2.45) is 0 Å². The lowest BCUT2D eigenvalue weighted by Crippen LogP contribution is -2.41. The van der Waals surface area contributed by atoms with Crippen molar-refractivity contribution in [3.63, 3.8) is 0 Å². The van der Waals surface area contributed by atoms with Gasteiger partial charge < -0.3 is 4.43 Å². The van der Waals surface area contributed by atoms with Gasteiger partial charge in [0.25, 0.3) is 0 Å². The molecule has 82 valence electrons. The quantitative estimate of drug-likeness (QED) is 0.503. The predicted octanol–water partition coefficient (Wildman–Crippen LogP) is 4.14. The van der Waals surface area contributed by atoms with Crippen molar-refractivity contribution in [2.45, 2.75) is 45.8 Å². The van der Waals surface area contributed by atoms with Gasteiger partial charge in [-0.15, -0.1) is 0 Å². The molecular formula is C12H24OSi. The summed E-state index contributed by atoms with van der Waals surface area (Å²) in [5.41, 5.74) is 1.05. The third kappa shape index (κ3) is 4.25. The number of hydrogen-bond donors (Lipinski definition) is 0. The molecule has 14 heavy (non-hydrogen) atoms. The van der Waals surface area contributed by atoms with E-state index in [0.717, 1.165) is 5.57 Å². The molecule has 0 atom stereocenters. The second kappa shape index (κ2) is 4.94. The molecule has 1 nitrogen and oxygen atoms in total. The van der Waals surface area contributed by atoms with Crippen molar-refractivity contribution in [1.82, 2.24) is 0 Å². The summed E-state index contributed by atoms with van der Waals surface area (Å²) in [5, 5.41) is 0.281. The Balaban J connectivity index is 4.19. The van der Waals surface area contributed by atoms with Gasteiger partial charge in [0.05, 0.1) is 6.61 Å². The van der Waals surface area contributed by atoms with Crippen LogP contribution in [0.15, 0.2) is 24.3 Å². The Kier molecular flexibility index (Phi) is 4.82. The summed E-state index contributed by atoms with van der Waals surface area (Å²) in [5.74, 6) is 0. The van der Waals surface area contributed by atoms with Crippen molar-refractivity contribution in [3.05, 3.63) is 24.3 Å². The normalized spacial score (nSPS) is 13.6. The molecule has 0 aliphatic carbocycles. The molecule has 0 saturated carbocycles. The summed E-state index contributed by atoms with van der Waals surface area (Å²) >= 11 is 0. The van der Waals surface area contributed by atoms with E-state index in [1.807, 2.05) is 19.1 Å². The fraction of sp³-hybridized carbons (Fsp3) is 0.667. The second-order valence-corrected chi connectivity index (χ2v) is 10.0. The lowest BCUT2D eigenvalue weighted by Gasteiger charge is -2.36. The molecule has 0 saturated heterocycles. The standard InChI is InChI=1S/C12H24OSi/c1-8-9-11(2)10-13-14(6,7)12(3,4)5/h8-9H,2,10H2,1,3-7H3. The topological polar surface area (TPSA) is 9.23 Å². The molecule has 0 rings (SSSR count). The van der Waals surface area contributed by atoms with Crippen LogP contribution in [-0.4, -0.2) is 14.9 Å². The Morgan fingerprint density at radius 1 is 1.36 bits per heavy atom. The van der Waals surface area contributed by atoms with E-state index in [2.05, 4.69) is 40.4 Å². The molecule has 0 aromatic rings. The van der Waals surface area contributed by atoms with Crippen LogP contribution < -0.4 is 0 Å². The summed E-state index contributed by atoms with van der Waals surface area (Å²) < 4.78 is 6.00. The highest BCUT2D eigenvalue weighted by Gasteiger charge is 2.36. The molecule has 0 aliphatic rings. The minimum absolute atomic E-state index is 0.281. The van der Waals surface area contributed by atoms with Gasteiger partial charge in [-0.25, -0.2) is 0 Å². The van der Waals surface area contributed by atoms with Crippen LogP contribution in [0.4, 0.5) is 0 Å². The van der Waals surface area contributed by atoms with Crippen LogP contribution in [0.3, 0.4) is 0 Å². The van der Waals surface area contributed by atoms with E-state index in [0.29, 0.717) is 6.61 Å². The Morgan fingerprint density at radius 3 is 2.21 bits per heavy atom. The van der Waals surface area contributed by atoms with Gasteiger partial charge in [0.2, 0.25) is 0 Å². The molecule has 0 spiro atoms. The van der Waals surface area contributed by atoms with E-state index in [-0.39, 0.29) is 5.04 Å². The van der Waals surface area contributed by atoms with Crippen LogP contribution in [0.1, 0.15) is 27.7 Å². The smallest absolute Gasteiger partial charge is 0.192 e. The summed E-state index contributed by atoms with van der Waals surface area (Å²) in [6.45, 7) is 17.9. The van der Waals surface area contributed by atoms with Gasteiger partial charge >= 0.3 is 0 Å². The summed E-state index contributed by atoms with van der Waals surface area (Å²) in [7, 11) is -1.59. The van der Waals surface area contributed by atoms with Crippen LogP contribution in [0, 0.1) is 0 Å². The highest BCUT2D eigenvalue weighted by molar-refractivity contribution is 6.74. The average Bonchev–Trinajstić information content (AvgIpc) is 1.99. The Morgan fingerprint density at radius 2 is 1.86 bits per heavy atom. The number of allylic oxidation sites excluding steroid dienone is 1. The van der Waals surface area contributed by atoms with E-state index < -0.39 is 8.32 Å². The zero-order valence-electron chi connectivity index (χ0n) is 10.5. The van der Waals surface area contributed by atoms with Crippen molar-refractivity contribution < 1.29 is 4.43 Å². The third-order valence-corrected chi connectivity index (χ3v) is 7.31. The second-order valence-electron chi connectivity index (χ2n) is 5.21. The van der Waals surface area contributed by atoms with E-state index in [4.69, 9.17) is 4.43 Å². The van der Waals surface area contributed by atoms with Crippen LogP contribution in [0.2, 0.25) is 18.1 Å². The average molecular weight is 212 g/mol. The Hall–Kier alpha value is -0.343. The molecule has 0 unspecified atom stereocenters. The van der Waals surface area contributed by atoms with Crippen LogP contribution in [-0.2, 0) is 4.43 Å². The third-order valence-electron chi connectivity index (χ3n) is 2.83. The fourth-order valence-electron chi connectivity index (χ4n) is 0.773. The molecule has 0 bridgehead atoms. The van der Waals surface area contributed by atoms with Crippen LogP contribution in [0.5, 0.6) is 0 Å². The minimum Gasteiger partial charge on any atom is -0.413 e. The van der Waals surface area contributed by atoms with E-state index >= 15 is 0 Å². The van der Waals surface area contributed by atoms with Crippen molar-refractivity contribution in [3.8, 4) is 0 Å². The molecule has 0 radical (unpaired) electrons. The molecule has 0 aromatic heterocycles. The van der Waals surface area contributed by atoms with Gasteiger partial charge in [-0.1, -0.05) is 39.5 Å². The summed E-state index contributed by atoms with van der Waals surface area (Å²) in [6.07, 6.45) is 4.00. The predicted molar refractivity (Wildman–Crippen MR) is 67.1 cm³/mol. The molecule has 0 amide bonds. The lowest BCUT2D eigenvalue weighted by atomic mass is 10.2. The fourth-order valence-corrected chi connectivity index (χ4v) is 1.75. The maximum atomic E-state index is 6.00. The first-order chi connectivity index (χ1) is 6.20. The molecule has 0 heterocycles. The van der Waals surface area contributed by atoms with Crippen LogP contribution in [0.25, 0.3) is 0 Å². The maximum Gasteiger partial charge on any atom is 0.192 e. The Labute approximate surface area is 90.0 Å². The van der Waals surface area contributed by atoms with Crippen molar-refractivity contribution in [1.29, 1.82) is 0 Å². The van der Waals surface area contributed by atoms with Crippen LogP contribution >= 0.6 is 0 Å². The van der Waals surface area contributed by atoms with Crippen molar-refractivity contribution >= 4 is 8.32 Å². The highest BCUT2D eigenvalue weighted by atomic mass is 28.4. The molecular weight excluding hydrogens is 188 g/mol. The van der Waals surface area contributed by atoms with Gasteiger partial charge in [-0.05, 0) is 30.6 Å². The first-order valence-corrected chi connectivity index (χ1v) is 8.06. The van der Waals surface area contributed by atoms with E-state index in [9.17, 15) is 0 Å². The highest BCUT2D eigenvalue weighted by Crippen LogP contribution is 2.36. The lowest BCUT2D eigenvalue weighted by molar-refractivity contribution is 0.322. The largest absolute Gasteiger partial charge is 0.413 e. The van der Waals surface area contributed by atoms with Gasteiger partial charge in [-0.2, -0.15) is 0 Å². The molecule has 0 aliphatic heterocycles. The van der Waals surface area contributed by atoms with Gasteiger partial charge in [0.15, 0.2) is 8.32 Å². The number of hydrogen-bond acceptors (Lipinski definition) is 1. The zero-order valence-corrected chi connectivity index (χ0v) is 11.5. The first kappa shape index (κ1) is 13.7.